The molecule has 2 aromatic rings. The number of benzene rings is 2. The molecule has 0 fully saturated rings. The van der Waals surface area contributed by atoms with Crippen LogP contribution in [0.2, 0.25) is 0 Å². The summed E-state index contributed by atoms with van der Waals surface area (Å²) in [4.78, 5) is 11.4. The van der Waals surface area contributed by atoms with Crippen molar-refractivity contribution in [1.29, 1.82) is 0 Å². The first-order valence-corrected chi connectivity index (χ1v) is 7.60. The molecule has 2 heteroatoms. The van der Waals surface area contributed by atoms with Gasteiger partial charge in [0.05, 0.1) is 6.61 Å². The van der Waals surface area contributed by atoms with Crippen molar-refractivity contribution in [2.75, 3.05) is 6.61 Å². The normalized spacial score (nSPS) is 10.2. The molecular formula is C20H22O2. The number of carbonyl (C=O) groups excluding carboxylic acids is 1. The number of carbonyl (C=O) groups is 1. The first kappa shape index (κ1) is 16.0. The molecule has 2 aromatic carbocycles. The highest BCUT2D eigenvalue weighted by atomic mass is 16.5. The van der Waals surface area contributed by atoms with Gasteiger partial charge in [0.2, 0.25) is 0 Å². The molecule has 0 heterocycles. The minimum absolute atomic E-state index is 0.318. The number of rotatable bonds is 7. The molecule has 0 aliphatic rings. The van der Waals surface area contributed by atoms with Crippen LogP contribution in [0.5, 0.6) is 0 Å². The molecule has 0 radical (unpaired) electrons. The SMILES string of the molecule is C=C(C)C(=O)OCCc1ccccc1CCc1ccccc1. The van der Waals surface area contributed by atoms with Gasteiger partial charge >= 0.3 is 5.97 Å². The van der Waals surface area contributed by atoms with E-state index < -0.39 is 0 Å². The van der Waals surface area contributed by atoms with Gasteiger partial charge in [0.1, 0.15) is 0 Å². The predicted molar refractivity (Wildman–Crippen MR) is 89.8 cm³/mol. The molecule has 0 saturated heterocycles. The molecule has 0 amide bonds. The van der Waals surface area contributed by atoms with Gasteiger partial charge in [-0.1, -0.05) is 61.2 Å². The van der Waals surface area contributed by atoms with Crippen molar-refractivity contribution in [2.24, 2.45) is 0 Å². The highest BCUT2D eigenvalue weighted by Gasteiger charge is 2.06. The summed E-state index contributed by atoms with van der Waals surface area (Å²) in [6, 6.07) is 18.8. The molecule has 0 aliphatic heterocycles. The Kier molecular flexibility index (Phi) is 5.96. The van der Waals surface area contributed by atoms with E-state index in [4.69, 9.17) is 4.74 Å². The van der Waals surface area contributed by atoms with Crippen molar-refractivity contribution in [3.05, 3.63) is 83.4 Å². The van der Waals surface area contributed by atoms with Crippen molar-refractivity contribution in [2.45, 2.75) is 26.2 Å². The zero-order chi connectivity index (χ0) is 15.8. The maximum atomic E-state index is 11.4. The molecule has 0 bridgehead atoms. The minimum Gasteiger partial charge on any atom is -0.462 e. The summed E-state index contributed by atoms with van der Waals surface area (Å²) in [6.45, 7) is 5.65. The van der Waals surface area contributed by atoms with Gasteiger partial charge in [-0.05, 0) is 36.5 Å². The monoisotopic (exact) mass is 294 g/mol. The van der Waals surface area contributed by atoms with Crippen molar-refractivity contribution in [3.8, 4) is 0 Å². The zero-order valence-electron chi connectivity index (χ0n) is 13.0. The molecule has 2 nitrogen and oxygen atoms in total. The summed E-state index contributed by atoms with van der Waals surface area (Å²) in [7, 11) is 0. The van der Waals surface area contributed by atoms with Crippen LogP contribution >= 0.6 is 0 Å². The zero-order valence-corrected chi connectivity index (χ0v) is 13.0. The summed E-state index contributed by atoms with van der Waals surface area (Å²) < 4.78 is 5.19. The van der Waals surface area contributed by atoms with Gasteiger partial charge in [-0.15, -0.1) is 0 Å². The fraction of sp³-hybridized carbons (Fsp3) is 0.250. The Balaban J connectivity index is 1.92. The number of esters is 1. The highest BCUT2D eigenvalue weighted by Crippen LogP contribution is 2.13. The summed E-state index contributed by atoms with van der Waals surface area (Å²) in [5.74, 6) is -0.318. The smallest absolute Gasteiger partial charge is 0.333 e. The number of ether oxygens (including phenoxy) is 1. The van der Waals surface area contributed by atoms with Crippen LogP contribution in [0.15, 0.2) is 66.7 Å². The van der Waals surface area contributed by atoms with Gasteiger partial charge in [-0.25, -0.2) is 4.79 Å². The van der Waals surface area contributed by atoms with E-state index in [1.54, 1.807) is 6.92 Å². The molecule has 2 rings (SSSR count). The standard InChI is InChI=1S/C20H22O2/c1-16(2)20(21)22-15-14-19-11-7-6-10-18(19)13-12-17-8-4-3-5-9-17/h3-11H,1,12-15H2,2H3. The van der Waals surface area contributed by atoms with Crippen LogP contribution in [0.25, 0.3) is 0 Å². The molecule has 0 saturated carbocycles. The van der Waals surface area contributed by atoms with Crippen LogP contribution < -0.4 is 0 Å². The van der Waals surface area contributed by atoms with Gasteiger partial charge in [-0.3, -0.25) is 0 Å². The summed E-state index contributed by atoms with van der Waals surface area (Å²) in [5.41, 5.74) is 4.34. The van der Waals surface area contributed by atoms with Gasteiger partial charge in [0.25, 0.3) is 0 Å². The predicted octanol–water partition coefficient (Wildman–Crippen LogP) is 4.13. The molecule has 0 unspecified atom stereocenters. The van der Waals surface area contributed by atoms with Crippen molar-refractivity contribution in [3.63, 3.8) is 0 Å². The van der Waals surface area contributed by atoms with Crippen LogP contribution in [0.3, 0.4) is 0 Å². The van der Waals surface area contributed by atoms with Crippen LogP contribution in [-0.2, 0) is 28.8 Å². The first-order chi connectivity index (χ1) is 10.7. The Labute approximate surface area is 132 Å². The number of hydrogen-bond acceptors (Lipinski definition) is 2. The molecule has 0 N–H and O–H groups in total. The summed E-state index contributed by atoms with van der Waals surface area (Å²) in [6.07, 6.45) is 2.75. The second-order valence-corrected chi connectivity index (χ2v) is 5.42. The van der Waals surface area contributed by atoms with E-state index in [1.807, 2.05) is 12.1 Å². The topological polar surface area (TPSA) is 26.3 Å². The average molecular weight is 294 g/mol. The third-order valence-corrected chi connectivity index (χ3v) is 3.60. The molecule has 22 heavy (non-hydrogen) atoms. The number of aryl methyl sites for hydroxylation is 2. The van der Waals surface area contributed by atoms with E-state index in [0.717, 1.165) is 19.3 Å². The number of hydrogen-bond donors (Lipinski definition) is 0. The maximum absolute atomic E-state index is 11.4. The van der Waals surface area contributed by atoms with Crippen LogP contribution in [-0.4, -0.2) is 12.6 Å². The molecule has 114 valence electrons. The molecule has 0 spiro atoms. The van der Waals surface area contributed by atoms with E-state index in [-0.39, 0.29) is 5.97 Å². The van der Waals surface area contributed by atoms with E-state index in [2.05, 4.69) is 49.0 Å². The Hall–Kier alpha value is -2.35. The maximum Gasteiger partial charge on any atom is 0.333 e. The van der Waals surface area contributed by atoms with Crippen molar-refractivity contribution in [1.82, 2.24) is 0 Å². The third kappa shape index (κ3) is 4.88. The van der Waals surface area contributed by atoms with Gasteiger partial charge in [0, 0.05) is 12.0 Å². The average Bonchev–Trinajstić information content (AvgIpc) is 2.54. The summed E-state index contributed by atoms with van der Waals surface area (Å²) in [5, 5.41) is 0. The summed E-state index contributed by atoms with van der Waals surface area (Å²) >= 11 is 0. The lowest BCUT2D eigenvalue weighted by molar-refractivity contribution is -0.138. The van der Waals surface area contributed by atoms with Crippen LogP contribution in [0.1, 0.15) is 23.6 Å². The van der Waals surface area contributed by atoms with Crippen LogP contribution in [0, 0.1) is 0 Å². The van der Waals surface area contributed by atoms with Gasteiger partial charge in [0.15, 0.2) is 0 Å². The first-order valence-electron chi connectivity index (χ1n) is 7.60. The van der Waals surface area contributed by atoms with Crippen molar-refractivity contribution >= 4 is 5.97 Å². The molecule has 0 aromatic heterocycles. The molecular weight excluding hydrogens is 272 g/mol. The Morgan fingerprint density at radius 1 is 0.909 bits per heavy atom. The lowest BCUT2D eigenvalue weighted by Gasteiger charge is -2.10. The van der Waals surface area contributed by atoms with Crippen LogP contribution in [0.4, 0.5) is 0 Å². The third-order valence-electron chi connectivity index (χ3n) is 3.60. The van der Waals surface area contributed by atoms with E-state index in [1.165, 1.54) is 16.7 Å². The Bertz CT molecular complexity index is 629. The quantitative estimate of drug-likeness (QED) is 0.567. The fourth-order valence-corrected chi connectivity index (χ4v) is 2.35. The second-order valence-electron chi connectivity index (χ2n) is 5.42. The second kappa shape index (κ2) is 8.18. The van der Waals surface area contributed by atoms with E-state index >= 15 is 0 Å². The molecule has 0 atom stereocenters. The highest BCUT2D eigenvalue weighted by molar-refractivity contribution is 5.86. The lowest BCUT2D eigenvalue weighted by atomic mass is 9.98. The van der Waals surface area contributed by atoms with E-state index in [9.17, 15) is 4.79 Å². The minimum atomic E-state index is -0.318. The fourth-order valence-electron chi connectivity index (χ4n) is 2.35. The molecule has 0 aliphatic carbocycles. The van der Waals surface area contributed by atoms with E-state index in [0.29, 0.717) is 12.2 Å². The lowest BCUT2D eigenvalue weighted by Crippen LogP contribution is -2.09. The largest absolute Gasteiger partial charge is 0.462 e. The van der Waals surface area contributed by atoms with Crippen molar-refractivity contribution < 1.29 is 9.53 Å². The Morgan fingerprint density at radius 3 is 2.14 bits per heavy atom. The van der Waals surface area contributed by atoms with Gasteiger partial charge < -0.3 is 4.74 Å². The Morgan fingerprint density at radius 2 is 1.50 bits per heavy atom. The van der Waals surface area contributed by atoms with Gasteiger partial charge in [-0.2, -0.15) is 0 Å².